The molecule has 0 bridgehead atoms. The minimum atomic E-state index is 0. The molecule has 0 aliphatic heterocycles. The topological polar surface area (TPSA) is 46.2 Å². The fourth-order valence-electron chi connectivity index (χ4n) is 2.07. The van der Waals surface area contributed by atoms with Crippen molar-refractivity contribution >= 4 is 12.4 Å². The molecular weight excluding hydrogens is 198 g/mol. The second-order valence-electron chi connectivity index (χ2n) is 3.71. The van der Waals surface area contributed by atoms with E-state index >= 15 is 0 Å². The van der Waals surface area contributed by atoms with Crippen molar-refractivity contribution in [2.45, 2.75) is 18.9 Å². The Morgan fingerprint density at radius 2 is 2.07 bits per heavy atom. The molecule has 0 fully saturated rings. The van der Waals surface area contributed by atoms with E-state index in [4.69, 9.17) is 10.8 Å². The summed E-state index contributed by atoms with van der Waals surface area (Å²) in [6.45, 7) is 0.204. The van der Waals surface area contributed by atoms with Crippen LogP contribution in [0.15, 0.2) is 24.3 Å². The molecule has 2 unspecified atom stereocenters. The molecule has 1 aliphatic carbocycles. The lowest BCUT2D eigenvalue weighted by atomic mass is 9.81. The fourth-order valence-corrected chi connectivity index (χ4v) is 2.07. The van der Waals surface area contributed by atoms with Crippen LogP contribution in [0.1, 0.15) is 23.6 Å². The number of fused-ring (bicyclic) bond motifs is 1. The van der Waals surface area contributed by atoms with Gasteiger partial charge in [-0.05, 0) is 24.0 Å². The second-order valence-corrected chi connectivity index (χ2v) is 3.71. The SMILES string of the molecule is Cl.NC1c2ccccc2CCC1CO. The predicted octanol–water partition coefficient (Wildman–Crippen LogP) is 1.66. The number of hydrogen-bond donors (Lipinski definition) is 2. The summed E-state index contributed by atoms with van der Waals surface area (Å²) in [7, 11) is 0. The van der Waals surface area contributed by atoms with E-state index in [9.17, 15) is 0 Å². The number of aliphatic hydroxyl groups excluding tert-OH is 1. The van der Waals surface area contributed by atoms with Crippen molar-refractivity contribution in [3.8, 4) is 0 Å². The number of halogens is 1. The first-order valence-electron chi connectivity index (χ1n) is 4.77. The van der Waals surface area contributed by atoms with Gasteiger partial charge in [0.15, 0.2) is 0 Å². The molecule has 3 N–H and O–H groups in total. The summed E-state index contributed by atoms with van der Waals surface area (Å²) >= 11 is 0. The van der Waals surface area contributed by atoms with Crippen molar-refractivity contribution in [3.63, 3.8) is 0 Å². The maximum atomic E-state index is 9.11. The highest BCUT2D eigenvalue weighted by Crippen LogP contribution is 2.31. The van der Waals surface area contributed by atoms with Crippen molar-refractivity contribution in [1.82, 2.24) is 0 Å². The van der Waals surface area contributed by atoms with E-state index in [2.05, 4.69) is 12.1 Å². The van der Waals surface area contributed by atoms with E-state index in [1.807, 2.05) is 12.1 Å². The molecule has 1 aliphatic rings. The van der Waals surface area contributed by atoms with Gasteiger partial charge >= 0.3 is 0 Å². The molecule has 0 aromatic heterocycles. The third-order valence-electron chi connectivity index (χ3n) is 2.94. The van der Waals surface area contributed by atoms with Gasteiger partial charge in [0.2, 0.25) is 0 Å². The smallest absolute Gasteiger partial charge is 0.0477 e. The number of aryl methyl sites for hydroxylation is 1. The summed E-state index contributed by atoms with van der Waals surface area (Å²) in [4.78, 5) is 0. The second kappa shape index (κ2) is 4.78. The molecule has 78 valence electrons. The molecule has 0 saturated carbocycles. The molecule has 0 spiro atoms. The van der Waals surface area contributed by atoms with Crippen LogP contribution < -0.4 is 5.73 Å². The Bertz CT molecular complexity index is 303. The molecule has 0 radical (unpaired) electrons. The van der Waals surface area contributed by atoms with Gasteiger partial charge in [-0.1, -0.05) is 24.3 Å². The van der Waals surface area contributed by atoms with Crippen LogP contribution in [0.4, 0.5) is 0 Å². The van der Waals surface area contributed by atoms with Gasteiger partial charge in [0.1, 0.15) is 0 Å². The molecule has 0 amide bonds. The third kappa shape index (κ3) is 1.92. The molecule has 2 atom stereocenters. The van der Waals surface area contributed by atoms with Crippen molar-refractivity contribution in [3.05, 3.63) is 35.4 Å². The molecular formula is C11H16ClNO. The van der Waals surface area contributed by atoms with E-state index in [0.29, 0.717) is 0 Å². The van der Waals surface area contributed by atoms with Crippen LogP contribution >= 0.6 is 12.4 Å². The largest absolute Gasteiger partial charge is 0.396 e. The standard InChI is InChI=1S/C11H15NO.ClH/c12-11-9(7-13)6-5-8-3-1-2-4-10(8)11;/h1-4,9,11,13H,5-7,12H2;1H. The van der Waals surface area contributed by atoms with Crippen LogP contribution in [0.2, 0.25) is 0 Å². The summed E-state index contributed by atoms with van der Waals surface area (Å²) in [6, 6.07) is 8.28. The van der Waals surface area contributed by atoms with Crippen LogP contribution in [0.25, 0.3) is 0 Å². The molecule has 2 rings (SSSR count). The lowest BCUT2D eigenvalue weighted by molar-refractivity contribution is 0.190. The molecule has 1 aromatic rings. The first-order chi connectivity index (χ1) is 6.33. The minimum Gasteiger partial charge on any atom is -0.396 e. The number of hydrogen-bond acceptors (Lipinski definition) is 2. The maximum absolute atomic E-state index is 9.11. The lowest BCUT2D eigenvalue weighted by Crippen LogP contribution is -2.29. The van der Waals surface area contributed by atoms with Crippen LogP contribution in [0.5, 0.6) is 0 Å². The number of rotatable bonds is 1. The van der Waals surface area contributed by atoms with Gasteiger partial charge in [-0.25, -0.2) is 0 Å². The summed E-state index contributed by atoms with van der Waals surface area (Å²) < 4.78 is 0. The van der Waals surface area contributed by atoms with Crippen LogP contribution in [0, 0.1) is 5.92 Å². The maximum Gasteiger partial charge on any atom is 0.0477 e. The lowest BCUT2D eigenvalue weighted by Gasteiger charge is -2.29. The average Bonchev–Trinajstić information content (AvgIpc) is 2.19. The fraction of sp³-hybridized carbons (Fsp3) is 0.455. The highest BCUT2D eigenvalue weighted by Gasteiger charge is 2.25. The predicted molar refractivity (Wildman–Crippen MR) is 59.5 cm³/mol. The molecule has 0 heterocycles. The Labute approximate surface area is 90.5 Å². The summed E-state index contributed by atoms with van der Waals surface area (Å²) in [5, 5.41) is 9.11. The van der Waals surface area contributed by atoms with Crippen LogP contribution in [-0.4, -0.2) is 11.7 Å². The summed E-state index contributed by atoms with van der Waals surface area (Å²) in [5.41, 5.74) is 8.60. The van der Waals surface area contributed by atoms with Gasteiger partial charge in [-0.2, -0.15) is 0 Å². The van der Waals surface area contributed by atoms with E-state index in [1.54, 1.807) is 0 Å². The zero-order valence-corrected chi connectivity index (χ0v) is 8.83. The number of benzene rings is 1. The van der Waals surface area contributed by atoms with Crippen molar-refractivity contribution in [1.29, 1.82) is 0 Å². The quantitative estimate of drug-likeness (QED) is 0.746. The Kier molecular flexibility index (Phi) is 3.93. The molecule has 2 nitrogen and oxygen atoms in total. The number of aliphatic hydroxyl groups is 1. The summed E-state index contributed by atoms with van der Waals surface area (Å²) in [5.74, 6) is 0.245. The van der Waals surface area contributed by atoms with Gasteiger partial charge < -0.3 is 10.8 Å². The molecule has 1 aromatic carbocycles. The van der Waals surface area contributed by atoms with Crippen LogP contribution in [-0.2, 0) is 6.42 Å². The first-order valence-corrected chi connectivity index (χ1v) is 4.77. The Morgan fingerprint density at radius 1 is 1.36 bits per heavy atom. The Balaban J connectivity index is 0.000000980. The normalized spacial score (nSPS) is 25.0. The zero-order chi connectivity index (χ0) is 9.26. The molecule has 0 saturated heterocycles. The average molecular weight is 214 g/mol. The van der Waals surface area contributed by atoms with Gasteiger partial charge in [0, 0.05) is 18.6 Å². The molecule has 3 heteroatoms. The van der Waals surface area contributed by atoms with E-state index < -0.39 is 0 Å². The van der Waals surface area contributed by atoms with E-state index in [-0.39, 0.29) is 31.0 Å². The van der Waals surface area contributed by atoms with Crippen molar-refractivity contribution < 1.29 is 5.11 Å². The minimum absolute atomic E-state index is 0. The van der Waals surface area contributed by atoms with Crippen LogP contribution in [0.3, 0.4) is 0 Å². The third-order valence-corrected chi connectivity index (χ3v) is 2.94. The van der Waals surface area contributed by atoms with Gasteiger partial charge in [0.25, 0.3) is 0 Å². The first kappa shape index (κ1) is 11.5. The monoisotopic (exact) mass is 213 g/mol. The summed E-state index contributed by atoms with van der Waals surface area (Å²) in [6.07, 6.45) is 2.06. The number of nitrogens with two attached hydrogens (primary N) is 1. The van der Waals surface area contributed by atoms with E-state index in [0.717, 1.165) is 12.8 Å². The zero-order valence-electron chi connectivity index (χ0n) is 8.02. The van der Waals surface area contributed by atoms with E-state index in [1.165, 1.54) is 11.1 Å². The van der Waals surface area contributed by atoms with Crippen molar-refractivity contribution in [2.24, 2.45) is 11.7 Å². The Hall–Kier alpha value is -0.570. The molecule has 14 heavy (non-hydrogen) atoms. The van der Waals surface area contributed by atoms with Gasteiger partial charge in [0.05, 0.1) is 0 Å². The van der Waals surface area contributed by atoms with Gasteiger partial charge in [-0.3, -0.25) is 0 Å². The Morgan fingerprint density at radius 3 is 2.79 bits per heavy atom. The highest BCUT2D eigenvalue weighted by molar-refractivity contribution is 5.85. The highest BCUT2D eigenvalue weighted by atomic mass is 35.5. The van der Waals surface area contributed by atoms with Crippen molar-refractivity contribution in [2.75, 3.05) is 6.61 Å². The van der Waals surface area contributed by atoms with Gasteiger partial charge in [-0.15, -0.1) is 12.4 Å².